The number of morpholine rings is 1. The van der Waals surface area contributed by atoms with Crippen molar-refractivity contribution in [1.29, 1.82) is 0 Å². The molecule has 3 fully saturated rings. The van der Waals surface area contributed by atoms with E-state index in [0.29, 0.717) is 32.2 Å². The van der Waals surface area contributed by atoms with Crippen LogP contribution in [0.5, 0.6) is 0 Å². The van der Waals surface area contributed by atoms with Crippen LogP contribution in [0.25, 0.3) is 0 Å². The van der Waals surface area contributed by atoms with E-state index in [9.17, 15) is 8.42 Å². The van der Waals surface area contributed by atoms with Crippen LogP contribution in [-0.4, -0.2) is 92.5 Å². The molecule has 22 heavy (non-hydrogen) atoms. The molecule has 0 aliphatic carbocycles. The lowest BCUT2D eigenvalue weighted by Gasteiger charge is -2.37. The Bertz CT molecular complexity index is 470. The molecule has 0 aromatic rings. The van der Waals surface area contributed by atoms with Crippen molar-refractivity contribution in [1.82, 2.24) is 18.8 Å². The second kappa shape index (κ2) is 6.70. The Morgan fingerprint density at radius 3 is 2.23 bits per heavy atom. The van der Waals surface area contributed by atoms with Crippen LogP contribution in [0.1, 0.15) is 20.3 Å². The number of ether oxygens (including phenoxy) is 1. The van der Waals surface area contributed by atoms with E-state index >= 15 is 0 Å². The molecule has 0 radical (unpaired) electrons. The van der Waals surface area contributed by atoms with Gasteiger partial charge in [-0.25, -0.2) is 0 Å². The summed E-state index contributed by atoms with van der Waals surface area (Å²) in [5, 5.41) is 3.35. The smallest absolute Gasteiger partial charge is 0.282 e. The van der Waals surface area contributed by atoms with Gasteiger partial charge < -0.3 is 10.1 Å². The fourth-order valence-electron chi connectivity index (χ4n) is 3.75. The highest BCUT2D eigenvalue weighted by atomic mass is 32.2. The van der Waals surface area contributed by atoms with Gasteiger partial charge in [0.2, 0.25) is 0 Å². The summed E-state index contributed by atoms with van der Waals surface area (Å²) in [6.07, 6.45) is 0.865. The summed E-state index contributed by atoms with van der Waals surface area (Å²) in [6, 6.07) is 0.368. The van der Waals surface area contributed by atoms with E-state index in [1.165, 1.54) is 0 Å². The standard InChI is InChI=1S/C14H28N4O3S/c1-12-9-18(10-13(2)21-12)22(19,20)17-6-3-14(11-17)16-7-4-15-5-8-16/h12-15H,3-11H2,1-2H3. The van der Waals surface area contributed by atoms with Gasteiger partial charge in [-0.1, -0.05) is 0 Å². The fourth-order valence-corrected chi connectivity index (χ4v) is 5.57. The molecule has 3 unspecified atom stereocenters. The van der Waals surface area contributed by atoms with Gasteiger partial charge in [-0.05, 0) is 20.3 Å². The van der Waals surface area contributed by atoms with E-state index in [0.717, 1.165) is 32.6 Å². The van der Waals surface area contributed by atoms with Crippen molar-refractivity contribution in [2.45, 2.75) is 38.5 Å². The zero-order valence-electron chi connectivity index (χ0n) is 13.6. The number of hydrogen-bond acceptors (Lipinski definition) is 5. The number of hydrogen-bond donors (Lipinski definition) is 1. The molecule has 3 heterocycles. The zero-order valence-corrected chi connectivity index (χ0v) is 14.4. The summed E-state index contributed by atoms with van der Waals surface area (Å²) in [4.78, 5) is 2.43. The van der Waals surface area contributed by atoms with Gasteiger partial charge in [0.25, 0.3) is 10.2 Å². The quantitative estimate of drug-likeness (QED) is 0.742. The van der Waals surface area contributed by atoms with E-state index in [1.54, 1.807) is 8.61 Å². The minimum Gasteiger partial charge on any atom is -0.373 e. The summed E-state index contributed by atoms with van der Waals surface area (Å²) in [7, 11) is -3.35. The van der Waals surface area contributed by atoms with E-state index in [-0.39, 0.29) is 12.2 Å². The molecule has 0 aromatic carbocycles. The van der Waals surface area contributed by atoms with Crippen molar-refractivity contribution in [2.24, 2.45) is 0 Å². The molecule has 0 spiro atoms. The number of nitrogens with zero attached hydrogens (tertiary/aromatic N) is 3. The van der Waals surface area contributed by atoms with Crippen molar-refractivity contribution in [2.75, 3.05) is 52.4 Å². The summed E-state index contributed by atoms with van der Waals surface area (Å²) in [5.41, 5.74) is 0. The molecule has 3 saturated heterocycles. The van der Waals surface area contributed by atoms with E-state index in [4.69, 9.17) is 4.74 Å². The lowest BCUT2D eigenvalue weighted by atomic mass is 10.2. The average molecular weight is 332 g/mol. The molecule has 3 rings (SSSR count). The van der Waals surface area contributed by atoms with Crippen LogP contribution in [0.2, 0.25) is 0 Å². The van der Waals surface area contributed by atoms with Crippen molar-refractivity contribution >= 4 is 10.2 Å². The molecule has 3 aliphatic rings. The number of rotatable bonds is 3. The summed E-state index contributed by atoms with van der Waals surface area (Å²) in [6.45, 7) is 10.1. The van der Waals surface area contributed by atoms with Gasteiger partial charge in [-0.15, -0.1) is 0 Å². The first-order chi connectivity index (χ1) is 10.5. The Balaban J connectivity index is 1.63. The molecule has 3 atom stereocenters. The largest absolute Gasteiger partial charge is 0.373 e. The van der Waals surface area contributed by atoms with Crippen molar-refractivity contribution < 1.29 is 13.2 Å². The Labute approximate surface area is 133 Å². The maximum absolute atomic E-state index is 12.9. The lowest BCUT2D eigenvalue weighted by Crippen LogP contribution is -2.53. The van der Waals surface area contributed by atoms with E-state index < -0.39 is 10.2 Å². The Hall–Kier alpha value is -0.250. The molecular weight excluding hydrogens is 304 g/mol. The van der Waals surface area contributed by atoms with Crippen LogP contribution in [-0.2, 0) is 14.9 Å². The minimum atomic E-state index is -3.35. The molecule has 128 valence electrons. The van der Waals surface area contributed by atoms with Gasteiger partial charge in [0, 0.05) is 58.4 Å². The Morgan fingerprint density at radius 2 is 1.59 bits per heavy atom. The fraction of sp³-hybridized carbons (Fsp3) is 1.00. The predicted molar refractivity (Wildman–Crippen MR) is 84.9 cm³/mol. The van der Waals surface area contributed by atoms with Crippen LogP contribution in [0.15, 0.2) is 0 Å². The van der Waals surface area contributed by atoms with Crippen LogP contribution in [0.3, 0.4) is 0 Å². The van der Waals surface area contributed by atoms with Gasteiger partial charge in [0.1, 0.15) is 0 Å². The topological polar surface area (TPSA) is 65.1 Å². The monoisotopic (exact) mass is 332 g/mol. The summed E-state index contributed by atoms with van der Waals surface area (Å²) >= 11 is 0. The van der Waals surface area contributed by atoms with E-state index in [2.05, 4.69) is 10.2 Å². The third-order valence-electron chi connectivity index (χ3n) is 4.83. The molecule has 7 nitrogen and oxygen atoms in total. The average Bonchev–Trinajstić information content (AvgIpc) is 2.98. The van der Waals surface area contributed by atoms with Crippen LogP contribution in [0.4, 0.5) is 0 Å². The SMILES string of the molecule is CC1CN(S(=O)(=O)N2CCC(N3CCNCC3)C2)CC(C)O1. The molecule has 0 bridgehead atoms. The normalized spacial score (nSPS) is 36.7. The summed E-state index contributed by atoms with van der Waals surface area (Å²) in [5.74, 6) is 0. The lowest BCUT2D eigenvalue weighted by molar-refractivity contribution is -0.0453. The maximum atomic E-state index is 12.9. The minimum absolute atomic E-state index is 0.0370. The van der Waals surface area contributed by atoms with Gasteiger partial charge in [-0.3, -0.25) is 4.90 Å². The van der Waals surface area contributed by atoms with Crippen molar-refractivity contribution in [3.63, 3.8) is 0 Å². The first-order valence-electron chi connectivity index (χ1n) is 8.32. The highest BCUT2D eigenvalue weighted by Gasteiger charge is 2.40. The molecule has 8 heteroatoms. The predicted octanol–water partition coefficient (Wildman–Crippen LogP) is -0.680. The van der Waals surface area contributed by atoms with Crippen LogP contribution < -0.4 is 5.32 Å². The van der Waals surface area contributed by atoms with Crippen molar-refractivity contribution in [3.05, 3.63) is 0 Å². The summed E-state index contributed by atoms with van der Waals surface area (Å²) < 4.78 is 34.7. The molecule has 0 saturated carbocycles. The van der Waals surface area contributed by atoms with E-state index in [1.807, 2.05) is 13.8 Å². The highest BCUT2D eigenvalue weighted by Crippen LogP contribution is 2.23. The number of nitrogens with one attached hydrogen (secondary N) is 1. The third-order valence-corrected chi connectivity index (χ3v) is 6.77. The maximum Gasteiger partial charge on any atom is 0.282 e. The molecular formula is C14H28N4O3S. The zero-order chi connectivity index (χ0) is 15.7. The first-order valence-corrected chi connectivity index (χ1v) is 9.72. The molecule has 0 aromatic heterocycles. The van der Waals surface area contributed by atoms with Gasteiger partial charge in [0.05, 0.1) is 12.2 Å². The Morgan fingerprint density at radius 1 is 0.955 bits per heavy atom. The van der Waals surface area contributed by atoms with Gasteiger partial charge in [0.15, 0.2) is 0 Å². The van der Waals surface area contributed by atoms with Crippen LogP contribution in [0, 0.1) is 0 Å². The van der Waals surface area contributed by atoms with Crippen molar-refractivity contribution in [3.8, 4) is 0 Å². The van der Waals surface area contributed by atoms with Gasteiger partial charge in [-0.2, -0.15) is 17.0 Å². The molecule has 3 aliphatic heterocycles. The van der Waals surface area contributed by atoms with Crippen LogP contribution >= 0.6 is 0 Å². The second-order valence-electron chi connectivity index (χ2n) is 6.67. The molecule has 1 N–H and O–H groups in total. The molecule has 0 amide bonds. The Kier molecular flexibility index (Phi) is 5.06. The number of piperazine rings is 1. The highest BCUT2D eigenvalue weighted by molar-refractivity contribution is 7.86. The third kappa shape index (κ3) is 3.47. The van der Waals surface area contributed by atoms with Gasteiger partial charge >= 0.3 is 0 Å². The first kappa shape index (κ1) is 16.6. The second-order valence-corrected chi connectivity index (χ2v) is 8.60.